The number of aliphatic hydroxyl groups excluding tert-OH is 1. The van der Waals surface area contributed by atoms with Crippen molar-refractivity contribution in [1.29, 1.82) is 0 Å². The van der Waals surface area contributed by atoms with Crippen LogP contribution in [-0.4, -0.2) is 31.2 Å². The van der Waals surface area contributed by atoms with Crippen molar-refractivity contribution in [3.63, 3.8) is 0 Å². The average molecular weight is 416 g/mol. The van der Waals surface area contributed by atoms with Crippen molar-refractivity contribution in [3.8, 4) is 5.75 Å². The number of benzene rings is 1. The van der Waals surface area contributed by atoms with E-state index >= 15 is 0 Å². The van der Waals surface area contributed by atoms with Gasteiger partial charge in [0.25, 0.3) is 5.91 Å². The third-order valence-electron chi connectivity index (χ3n) is 3.19. The van der Waals surface area contributed by atoms with Crippen LogP contribution in [0.5, 0.6) is 5.75 Å². The Morgan fingerprint density at radius 3 is 2.32 bits per heavy atom. The Bertz CT molecular complexity index is 628. The van der Waals surface area contributed by atoms with Crippen molar-refractivity contribution >= 4 is 27.8 Å². The second kappa shape index (κ2) is 11.5. The zero-order valence-electron chi connectivity index (χ0n) is 15.5. The molecule has 1 heterocycles. The Morgan fingerprint density at radius 1 is 1.24 bits per heavy atom. The first-order valence-corrected chi connectivity index (χ1v) is 8.92. The zero-order valence-corrected chi connectivity index (χ0v) is 17.1. The Balaban J connectivity index is 0.00000134. The van der Waals surface area contributed by atoms with E-state index in [-0.39, 0.29) is 17.8 Å². The molecule has 1 atom stereocenters. The van der Waals surface area contributed by atoms with Crippen LogP contribution < -0.4 is 10.1 Å². The van der Waals surface area contributed by atoms with Gasteiger partial charge >= 0.3 is 5.97 Å². The normalized spacial score (nSPS) is 15.8. The smallest absolute Gasteiger partial charge is 0.346 e. The number of hydrogen-bond donors (Lipinski definition) is 2. The quantitative estimate of drug-likeness (QED) is 0.574. The van der Waals surface area contributed by atoms with E-state index < -0.39 is 17.9 Å². The van der Waals surface area contributed by atoms with Gasteiger partial charge in [0.2, 0.25) is 0 Å². The van der Waals surface area contributed by atoms with Crippen molar-refractivity contribution < 1.29 is 24.2 Å². The van der Waals surface area contributed by atoms with E-state index in [1.54, 1.807) is 25.3 Å². The molecule has 1 aliphatic rings. The van der Waals surface area contributed by atoms with Gasteiger partial charge in [-0.2, -0.15) is 0 Å². The maximum atomic E-state index is 12.0. The first-order chi connectivity index (χ1) is 12.0. The predicted octanol–water partition coefficient (Wildman–Crippen LogP) is 4.06. The number of aliphatic hydroxyl groups is 1. The number of esters is 1. The first-order valence-electron chi connectivity index (χ1n) is 8.12. The van der Waals surface area contributed by atoms with Crippen LogP contribution in [-0.2, 0) is 14.3 Å². The highest BCUT2D eigenvalue weighted by Crippen LogP contribution is 2.33. The van der Waals surface area contributed by atoms with Crippen molar-refractivity contribution in [2.24, 2.45) is 0 Å². The number of rotatable bonds is 3. The van der Waals surface area contributed by atoms with Gasteiger partial charge in [0.05, 0.1) is 20.3 Å². The lowest BCUT2D eigenvalue weighted by atomic mass is 9.96. The molecule has 25 heavy (non-hydrogen) atoms. The topological polar surface area (TPSA) is 84.9 Å². The van der Waals surface area contributed by atoms with E-state index in [0.717, 1.165) is 17.1 Å². The Hall–Kier alpha value is -2.02. The summed E-state index contributed by atoms with van der Waals surface area (Å²) in [5.74, 6) is -1.17. The van der Waals surface area contributed by atoms with Crippen molar-refractivity contribution in [3.05, 3.63) is 39.6 Å². The summed E-state index contributed by atoms with van der Waals surface area (Å²) in [4.78, 5) is 23.4. The molecule has 140 valence electrons. The number of carbonyl (C=O) groups is 2. The number of ether oxygens (including phenoxy) is 2. The van der Waals surface area contributed by atoms with Crippen LogP contribution in [0.4, 0.5) is 0 Å². The van der Waals surface area contributed by atoms with E-state index in [2.05, 4.69) is 26.0 Å². The molecule has 1 unspecified atom stereocenters. The number of carbonyl (C=O) groups excluding carboxylic acids is 2. The van der Waals surface area contributed by atoms with Crippen LogP contribution in [0, 0.1) is 0 Å². The molecule has 1 aromatic carbocycles. The van der Waals surface area contributed by atoms with Crippen LogP contribution in [0.3, 0.4) is 0 Å². The maximum absolute atomic E-state index is 12.0. The lowest BCUT2D eigenvalue weighted by molar-refractivity contribution is -0.138. The summed E-state index contributed by atoms with van der Waals surface area (Å²) in [6, 6.07) is 4.85. The van der Waals surface area contributed by atoms with Crippen LogP contribution in [0.2, 0.25) is 0 Å². The summed E-state index contributed by atoms with van der Waals surface area (Å²) in [5.41, 5.74) is 0.394. The first kappa shape index (κ1) is 23.0. The number of nitrogens with one attached hydrogen (secondary N) is 1. The third kappa shape index (κ3) is 5.77. The summed E-state index contributed by atoms with van der Waals surface area (Å²) in [7, 11) is 2.69. The molecule has 0 saturated heterocycles. The fourth-order valence-electron chi connectivity index (χ4n) is 2.12. The molecule has 7 heteroatoms. The lowest BCUT2D eigenvalue weighted by Gasteiger charge is -2.25. The summed E-state index contributed by atoms with van der Waals surface area (Å²) in [6.45, 7) is 8.00. The molecule has 0 radical (unpaired) electrons. The van der Waals surface area contributed by atoms with Crippen LogP contribution >= 0.6 is 15.9 Å². The molecule has 0 spiro atoms. The maximum Gasteiger partial charge on any atom is 0.346 e. The highest BCUT2D eigenvalue weighted by Gasteiger charge is 2.33. The number of amides is 1. The van der Waals surface area contributed by atoms with Crippen molar-refractivity contribution in [2.45, 2.75) is 40.2 Å². The van der Waals surface area contributed by atoms with Gasteiger partial charge in [-0.25, -0.2) is 4.79 Å². The van der Waals surface area contributed by atoms with E-state index in [4.69, 9.17) is 4.74 Å². The zero-order chi connectivity index (χ0) is 19.6. The van der Waals surface area contributed by atoms with Gasteiger partial charge in [0.15, 0.2) is 5.57 Å². The highest BCUT2D eigenvalue weighted by atomic mass is 79.9. The molecule has 2 rings (SSSR count). The van der Waals surface area contributed by atoms with E-state index in [1.165, 1.54) is 0 Å². The summed E-state index contributed by atoms with van der Waals surface area (Å²) in [5, 5.41) is 12.6. The molecule has 1 aromatic rings. The van der Waals surface area contributed by atoms with Gasteiger partial charge < -0.3 is 19.9 Å². The summed E-state index contributed by atoms with van der Waals surface area (Å²) >= 11 is 3.40. The molecule has 2 N–H and O–H groups in total. The van der Waals surface area contributed by atoms with Crippen molar-refractivity contribution in [2.75, 3.05) is 14.2 Å². The molecular weight excluding hydrogens is 390 g/mol. The fourth-order valence-corrected chi connectivity index (χ4v) is 2.65. The highest BCUT2D eigenvalue weighted by molar-refractivity contribution is 9.10. The predicted molar refractivity (Wildman–Crippen MR) is 101 cm³/mol. The molecule has 6 nitrogen and oxygen atoms in total. The summed E-state index contributed by atoms with van der Waals surface area (Å²) < 4.78 is 10.4. The van der Waals surface area contributed by atoms with Crippen LogP contribution in [0.25, 0.3) is 0 Å². The van der Waals surface area contributed by atoms with Gasteiger partial charge in [-0.05, 0) is 23.8 Å². The molecule has 0 aromatic heterocycles. The van der Waals surface area contributed by atoms with Crippen molar-refractivity contribution in [1.82, 2.24) is 5.32 Å². The third-order valence-corrected chi connectivity index (χ3v) is 3.91. The number of hydrogen-bond acceptors (Lipinski definition) is 5. The Labute approximate surface area is 157 Å². The second-order valence-corrected chi connectivity index (χ2v) is 5.29. The Morgan fingerprint density at radius 2 is 1.84 bits per heavy atom. The van der Waals surface area contributed by atoms with Gasteiger partial charge in [0, 0.05) is 10.9 Å². The molecule has 0 aliphatic carbocycles. The van der Waals surface area contributed by atoms with Gasteiger partial charge in [-0.3, -0.25) is 4.79 Å². The molecule has 1 aliphatic heterocycles. The van der Waals surface area contributed by atoms with E-state index in [1.807, 2.05) is 27.7 Å². The van der Waals surface area contributed by atoms with Crippen LogP contribution in [0.1, 0.15) is 45.7 Å². The molecule has 0 bridgehead atoms. The number of methoxy groups -OCH3 is 2. The lowest BCUT2D eigenvalue weighted by Crippen LogP contribution is -2.38. The largest absolute Gasteiger partial charge is 0.511 e. The van der Waals surface area contributed by atoms with Gasteiger partial charge in [0.1, 0.15) is 11.5 Å². The second-order valence-electron chi connectivity index (χ2n) is 4.43. The standard InChI is InChI=1S/C14H14BrNO5.2C2H6/c1-20-7-3-4-9(15)8(5-7)10-6-11(17)12(13(18)16-10)14(19)21-2;2*1-2/h3-5,10,17H,6H2,1-2H3,(H,16,18);2*1-2H3. The minimum absolute atomic E-state index is 0.0991. The minimum atomic E-state index is -0.854. The van der Waals surface area contributed by atoms with Gasteiger partial charge in [-0.15, -0.1) is 0 Å². The Kier molecular flexibility index (Phi) is 10.6. The molecule has 0 fully saturated rings. The molecule has 1 amide bonds. The minimum Gasteiger partial charge on any atom is -0.511 e. The summed E-state index contributed by atoms with van der Waals surface area (Å²) in [6.07, 6.45) is 0.0991. The fraction of sp³-hybridized carbons (Fsp3) is 0.444. The van der Waals surface area contributed by atoms with E-state index in [0.29, 0.717) is 5.75 Å². The average Bonchev–Trinajstić information content (AvgIpc) is 2.64. The van der Waals surface area contributed by atoms with Gasteiger partial charge in [-0.1, -0.05) is 43.6 Å². The van der Waals surface area contributed by atoms with Crippen LogP contribution in [0.15, 0.2) is 34.0 Å². The monoisotopic (exact) mass is 415 g/mol. The molecular formula is C18H26BrNO5. The molecule has 0 saturated carbocycles. The SMILES string of the molecule is CC.CC.COC(=O)C1=C(O)CC(c2cc(OC)ccc2Br)NC1=O. The number of halogens is 1. The van der Waals surface area contributed by atoms with E-state index in [9.17, 15) is 14.7 Å².